The molecular weight excluding hydrogens is 222 g/mol. The Labute approximate surface area is 107 Å². The topological polar surface area (TPSA) is 32.3 Å². The lowest BCUT2D eigenvalue weighted by Gasteiger charge is -2.33. The van der Waals surface area contributed by atoms with Crippen molar-refractivity contribution in [3.05, 3.63) is 65.2 Å². The van der Waals surface area contributed by atoms with E-state index in [0.29, 0.717) is 11.8 Å². The van der Waals surface area contributed by atoms with Crippen molar-refractivity contribution in [2.45, 2.75) is 25.4 Å². The Morgan fingerprint density at radius 1 is 1.06 bits per heavy atom. The van der Waals surface area contributed by atoms with Crippen LogP contribution in [0.5, 0.6) is 5.75 Å². The third-order valence-electron chi connectivity index (χ3n) is 3.76. The number of nitrogens with one attached hydrogen (secondary N) is 1. The van der Waals surface area contributed by atoms with Gasteiger partial charge in [0.05, 0.1) is 0 Å². The minimum absolute atomic E-state index is 0.219. The van der Waals surface area contributed by atoms with Crippen molar-refractivity contribution in [3.8, 4) is 5.75 Å². The summed E-state index contributed by atoms with van der Waals surface area (Å²) in [4.78, 5) is 0. The van der Waals surface area contributed by atoms with E-state index in [-0.39, 0.29) is 5.92 Å². The summed E-state index contributed by atoms with van der Waals surface area (Å²) < 4.78 is 0. The lowest BCUT2D eigenvalue weighted by atomic mass is 9.80. The molecule has 0 amide bonds. The summed E-state index contributed by atoms with van der Waals surface area (Å²) in [7, 11) is 0. The molecule has 1 aliphatic rings. The second-order valence-corrected chi connectivity index (χ2v) is 4.91. The van der Waals surface area contributed by atoms with E-state index in [1.165, 1.54) is 11.1 Å². The molecule has 0 aliphatic carbocycles. The monoisotopic (exact) mass is 239 g/mol. The van der Waals surface area contributed by atoms with Gasteiger partial charge in [0.2, 0.25) is 0 Å². The molecule has 2 aromatic rings. The molecule has 0 spiro atoms. The molecule has 1 aliphatic heterocycles. The Morgan fingerprint density at radius 3 is 2.61 bits per heavy atom. The standard InChI is InChI=1S/C16H17NO/c1-11-15(12-6-3-2-4-7-12)16-13(10-17-11)8-5-9-14(16)18/h2-9,11,15,17-18H,10H2,1H3. The van der Waals surface area contributed by atoms with Crippen LogP contribution < -0.4 is 5.32 Å². The largest absolute Gasteiger partial charge is 0.508 e. The maximum absolute atomic E-state index is 10.2. The first kappa shape index (κ1) is 11.3. The van der Waals surface area contributed by atoms with E-state index in [0.717, 1.165) is 12.1 Å². The lowest BCUT2D eigenvalue weighted by molar-refractivity contribution is 0.422. The first-order chi connectivity index (χ1) is 8.77. The second-order valence-electron chi connectivity index (χ2n) is 4.91. The van der Waals surface area contributed by atoms with E-state index < -0.39 is 0 Å². The summed E-state index contributed by atoms with van der Waals surface area (Å²) in [6.45, 7) is 3.00. The summed E-state index contributed by atoms with van der Waals surface area (Å²) in [6, 6.07) is 16.5. The van der Waals surface area contributed by atoms with Crippen LogP contribution >= 0.6 is 0 Å². The zero-order chi connectivity index (χ0) is 12.5. The number of rotatable bonds is 1. The maximum atomic E-state index is 10.2. The average molecular weight is 239 g/mol. The highest BCUT2D eigenvalue weighted by molar-refractivity contribution is 5.49. The highest BCUT2D eigenvalue weighted by Crippen LogP contribution is 2.38. The van der Waals surface area contributed by atoms with E-state index in [4.69, 9.17) is 0 Å². The van der Waals surface area contributed by atoms with Gasteiger partial charge in [-0.2, -0.15) is 0 Å². The van der Waals surface area contributed by atoms with Crippen molar-refractivity contribution in [3.63, 3.8) is 0 Å². The van der Waals surface area contributed by atoms with Crippen molar-refractivity contribution in [1.82, 2.24) is 5.32 Å². The fraction of sp³-hybridized carbons (Fsp3) is 0.250. The summed E-state index contributed by atoms with van der Waals surface area (Å²) in [6.07, 6.45) is 0. The van der Waals surface area contributed by atoms with Crippen LogP contribution in [0.15, 0.2) is 48.5 Å². The minimum atomic E-state index is 0.219. The van der Waals surface area contributed by atoms with Gasteiger partial charge in [0.25, 0.3) is 0 Å². The van der Waals surface area contributed by atoms with Crippen LogP contribution in [-0.4, -0.2) is 11.1 Å². The van der Waals surface area contributed by atoms with Gasteiger partial charge in [0, 0.05) is 24.1 Å². The molecule has 0 saturated heterocycles. The van der Waals surface area contributed by atoms with Crippen molar-refractivity contribution in [2.75, 3.05) is 0 Å². The van der Waals surface area contributed by atoms with E-state index >= 15 is 0 Å². The average Bonchev–Trinajstić information content (AvgIpc) is 2.40. The van der Waals surface area contributed by atoms with Gasteiger partial charge in [-0.3, -0.25) is 0 Å². The van der Waals surface area contributed by atoms with Crippen LogP contribution in [0, 0.1) is 0 Å². The molecule has 2 N–H and O–H groups in total. The van der Waals surface area contributed by atoms with E-state index in [2.05, 4.69) is 42.6 Å². The van der Waals surface area contributed by atoms with Crippen molar-refractivity contribution in [1.29, 1.82) is 0 Å². The lowest BCUT2D eigenvalue weighted by Crippen LogP contribution is -2.37. The number of benzene rings is 2. The number of aromatic hydroxyl groups is 1. The summed E-state index contributed by atoms with van der Waals surface area (Å²) >= 11 is 0. The van der Waals surface area contributed by atoms with Crippen LogP contribution in [-0.2, 0) is 6.54 Å². The van der Waals surface area contributed by atoms with Gasteiger partial charge in [-0.25, -0.2) is 0 Å². The molecule has 0 fully saturated rings. The Hall–Kier alpha value is -1.80. The molecule has 2 nitrogen and oxygen atoms in total. The Kier molecular flexibility index (Phi) is 2.80. The highest BCUT2D eigenvalue weighted by atomic mass is 16.3. The Bertz CT molecular complexity index is 550. The smallest absolute Gasteiger partial charge is 0.119 e. The van der Waals surface area contributed by atoms with Gasteiger partial charge in [-0.15, -0.1) is 0 Å². The fourth-order valence-electron chi connectivity index (χ4n) is 2.87. The number of hydrogen-bond donors (Lipinski definition) is 2. The van der Waals surface area contributed by atoms with E-state index in [9.17, 15) is 5.11 Å². The molecule has 3 rings (SSSR count). The number of fused-ring (bicyclic) bond motifs is 1. The van der Waals surface area contributed by atoms with Crippen LogP contribution in [0.3, 0.4) is 0 Å². The van der Waals surface area contributed by atoms with Gasteiger partial charge in [0.1, 0.15) is 5.75 Å². The highest BCUT2D eigenvalue weighted by Gasteiger charge is 2.29. The van der Waals surface area contributed by atoms with Gasteiger partial charge in [-0.05, 0) is 24.1 Å². The molecule has 2 aromatic carbocycles. The van der Waals surface area contributed by atoms with E-state index in [1.807, 2.05) is 12.1 Å². The van der Waals surface area contributed by atoms with Crippen molar-refractivity contribution >= 4 is 0 Å². The molecule has 1 heterocycles. The number of phenolic OH excluding ortho intramolecular Hbond substituents is 1. The molecule has 2 heteroatoms. The first-order valence-electron chi connectivity index (χ1n) is 6.36. The maximum Gasteiger partial charge on any atom is 0.119 e. The third kappa shape index (κ3) is 1.79. The zero-order valence-corrected chi connectivity index (χ0v) is 10.4. The van der Waals surface area contributed by atoms with Crippen LogP contribution in [0.4, 0.5) is 0 Å². The third-order valence-corrected chi connectivity index (χ3v) is 3.76. The van der Waals surface area contributed by atoms with Gasteiger partial charge < -0.3 is 10.4 Å². The molecule has 2 unspecified atom stereocenters. The van der Waals surface area contributed by atoms with Crippen LogP contribution in [0.2, 0.25) is 0 Å². The SMILES string of the molecule is CC1NCc2cccc(O)c2C1c1ccccc1. The molecular formula is C16H17NO. The van der Waals surface area contributed by atoms with Crippen LogP contribution in [0.1, 0.15) is 29.5 Å². The Balaban J connectivity index is 2.16. The van der Waals surface area contributed by atoms with Gasteiger partial charge >= 0.3 is 0 Å². The molecule has 0 radical (unpaired) electrons. The summed E-state index contributed by atoms with van der Waals surface area (Å²) in [5.74, 6) is 0.630. The quantitative estimate of drug-likeness (QED) is 0.801. The predicted octanol–water partition coefficient (Wildman–Crippen LogP) is 3.02. The van der Waals surface area contributed by atoms with Gasteiger partial charge in [-0.1, -0.05) is 42.5 Å². The fourth-order valence-corrected chi connectivity index (χ4v) is 2.87. The van der Waals surface area contributed by atoms with Crippen LogP contribution in [0.25, 0.3) is 0 Å². The van der Waals surface area contributed by atoms with Gasteiger partial charge in [0.15, 0.2) is 0 Å². The molecule has 2 atom stereocenters. The molecule has 0 saturated carbocycles. The van der Waals surface area contributed by atoms with E-state index in [1.54, 1.807) is 6.07 Å². The Morgan fingerprint density at radius 2 is 1.83 bits per heavy atom. The molecule has 92 valence electrons. The molecule has 18 heavy (non-hydrogen) atoms. The number of phenols is 1. The predicted molar refractivity (Wildman–Crippen MR) is 72.7 cm³/mol. The van der Waals surface area contributed by atoms with Crippen molar-refractivity contribution < 1.29 is 5.11 Å². The molecule has 0 bridgehead atoms. The normalized spacial score (nSPS) is 22.5. The minimum Gasteiger partial charge on any atom is -0.508 e. The molecule has 0 aromatic heterocycles. The summed E-state index contributed by atoms with van der Waals surface area (Å²) in [5.41, 5.74) is 3.52. The first-order valence-corrected chi connectivity index (χ1v) is 6.36. The van der Waals surface area contributed by atoms with Crippen molar-refractivity contribution in [2.24, 2.45) is 0 Å². The zero-order valence-electron chi connectivity index (χ0n) is 10.4. The summed E-state index contributed by atoms with van der Waals surface area (Å²) in [5, 5.41) is 13.7. The number of hydrogen-bond acceptors (Lipinski definition) is 2. The second kappa shape index (κ2) is 4.46.